The zero-order valence-corrected chi connectivity index (χ0v) is 11.0. The van der Waals surface area contributed by atoms with Gasteiger partial charge in [0.15, 0.2) is 5.69 Å². The quantitative estimate of drug-likeness (QED) is 0.818. The van der Waals surface area contributed by atoms with Crippen molar-refractivity contribution in [2.75, 3.05) is 31.1 Å². The average Bonchev–Trinajstić information content (AvgIpc) is 2.38. The molecule has 0 spiro atoms. The molecule has 1 aliphatic heterocycles. The van der Waals surface area contributed by atoms with Gasteiger partial charge in [-0.1, -0.05) is 0 Å². The SMILES string of the molecule is CC(=O)N1CCN(c2cc(C(=O)O)nc(C)n2)CC1. The Hall–Kier alpha value is -2.18. The predicted octanol–water partition coefficient (Wildman–Crippen LogP) is 0.152. The Morgan fingerprint density at radius 2 is 1.84 bits per heavy atom. The van der Waals surface area contributed by atoms with Gasteiger partial charge in [0, 0.05) is 39.2 Å². The molecular formula is C12H16N4O3. The Morgan fingerprint density at radius 1 is 1.21 bits per heavy atom. The highest BCUT2D eigenvalue weighted by atomic mass is 16.4. The number of nitrogens with zero attached hydrogens (tertiary/aromatic N) is 4. The molecule has 0 aliphatic carbocycles. The van der Waals surface area contributed by atoms with E-state index in [1.165, 1.54) is 6.07 Å². The molecule has 0 unspecified atom stereocenters. The molecule has 0 bridgehead atoms. The van der Waals surface area contributed by atoms with Gasteiger partial charge in [0.05, 0.1) is 0 Å². The standard InChI is InChI=1S/C12H16N4O3/c1-8-13-10(12(18)19)7-11(14-8)16-5-3-15(4-6-16)9(2)17/h7H,3-6H2,1-2H3,(H,18,19). The van der Waals surface area contributed by atoms with Gasteiger partial charge < -0.3 is 14.9 Å². The maximum Gasteiger partial charge on any atom is 0.354 e. The number of carbonyl (C=O) groups is 2. The monoisotopic (exact) mass is 264 g/mol. The van der Waals surface area contributed by atoms with Gasteiger partial charge in [-0.3, -0.25) is 4.79 Å². The number of piperazine rings is 1. The van der Waals surface area contributed by atoms with Crippen LogP contribution in [0.25, 0.3) is 0 Å². The molecule has 1 aromatic rings. The summed E-state index contributed by atoms with van der Waals surface area (Å²) in [6.45, 7) is 5.76. The Labute approximate surface area is 110 Å². The minimum Gasteiger partial charge on any atom is -0.477 e. The summed E-state index contributed by atoms with van der Waals surface area (Å²) in [4.78, 5) is 34.1. The average molecular weight is 264 g/mol. The minimum atomic E-state index is -1.06. The molecule has 1 aliphatic rings. The van der Waals surface area contributed by atoms with E-state index in [0.29, 0.717) is 37.8 Å². The Balaban J connectivity index is 2.15. The van der Waals surface area contributed by atoms with E-state index >= 15 is 0 Å². The summed E-state index contributed by atoms with van der Waals surface area (Å²) in [5.41, 5.74) is -0.00324. The molecule has 102 valence electrons. The van der Waals surface area contributed by atoms with Crippen molar-refractivity contribution in [1.82, 2.24) is 14.9 Å². The lowest BCUT2D eigenvalue weighted by molar-refractivity contribution is -0.129. The van der Waals surface area contributed by atoms with Crippen LogP contribution in [0.15, 0.2) is 6.07 Å². The molecule has 19 heavy (non-hydrogen) atoms. The molecule has 1 saturated heterocycles. The maximum atomic E-state index is 11.2. The summed E-state index contributed by atoms with van der Waals surface area (Å²) in [7, 11) is 0. The van der Waals surface area contributed by atoms with Crippen LogP contribution in [-0.4, -0.2) is 58.0 Å². The molecular weight excluding hydrogens is 248 g/mol. The van der Waals surface area contributed by atoms with E-state index in [0.717, 1.165) is 0 Å². The molecule has 0 saturated carbocycles. The van der Waals surface area contributed by atoms with Gasteiger partial charge in [-0.25, -0.2) is 14.8 Å². The van der Waals surface area contributed by atoms with E-state index in [2.05, 4.69) is 9.97 Å². The van der Waals surface area contributed by atoms with E-state index in [-0.39, 0.29) is 11.6 Å². The first-order chi connectivity index (χ1) is 8.97. The number of aryl methyl sites for hydroxylation is 1. The number of aromatic carboxylic acids is 1. The topological polar surface area (TPSA) is 86.6 Å². The van der Waals surface area contributed by atoms with Gasteiger partial charge in [0.1, 0.15) is 11.6 Å². The third-order valence-corrected chi connectivity index (χ3v) is 3.09. The predicted molar refractivity (Wildman–Crippen MR) is 68.2 cm³/mol. The third kappa shape index (κ3) is 2.98. The second kappa shape index (κ2) is 5.21. The van der Waals surface area contributed by atoms with Crippen LogP contribution in [-0.2, 0) is 4.79 Å². The Kier molecular flexibility index (Phi) is 3.64. The van der Waals surface area contributed by atoms with Crippen LogP contribution in [0.4, 0.5) is 5.82 Å². The highest BCUT2D eigenvalue weighted by Gasteiger charge is 2.21. The first-order valence-electron chi connectivity index (χ1n) is 6.07. The summed E-state index contributed by atoms with van der Waals surface area (Å²) in [5.74, 6) is 0.0378. The lowest BCUT2D eigenvalue weighted by Gasteiger charge is -2.35. The Bertz CT molecular complexity index is 510. The molecule has 0 aromatic carbocycles. The molecule has 2 rings (SSSR count). The highest BCUT2D eigenvalue weighted by molar-refractivity contribution is 5.86. The third-order valence-electron chi connectivity index (χ3n) is 3.09. The summed E-state index contributed by atoms with van der Waals surface area (Å²) in [5, 5.41) is 8.99. The molecule has 7 heteroatoms. The number of aromatic nitrogens is 2. The van der Waals surface area contributed by atoms with Crippen molar-refractivity contribution < 1.29 is 14.7 Å². The maximum absolute atomic E-state index is 11.2. The van der Waals surface area contributed by atoms with E-state index in [1.807, 2.05) is 4.90 Å². The van der Waals surface area contributed by atoms with E-state index in [1.54, 1.807) is 18.7 Å². The number of amides is 1. The normalized spacial score (nSPS) is 15.5. The van der Waals surface area contributed by atoms with Gasteiger partial charge in [0.25, 0.3) is 0 Å². The van der Waals surface area contributed by atoms with E-state index in [4.69, 9.17) is 5.11 Å². The van der Waals surface area contributed by atoms with Crippen LogP contribution in [0.3, 0.4) is 0 Å². The fraction of sp³-hybridized carbons (Fsp3) is 0.500. The molecule has 1 fully saturated rings. The van der Waals surface area contributed by atoms with Crippen LogP contribution in [0.2, 0.25) is 0 Å². The summed E-state index contributed by atoms with van der Waals surface area (Å²) in [6, 6.07) is 1.47. The van der Waals surface area contributed by atoms with Crippen molar-refractivity contribution in [2.24, 2.45) is 0 Å². The van der Waals surface area contributed by atoms with Crippen molar-refractivity contribution in [3.05, 3.63) is 17.6 Å². The highest BCUT2D eigenvalue weighted by Crippen LogP contribution is 2.15. The van der Waals surface area contributed by atoms with Crippen LogP contribution in [0.1, 0.15) is 23.2 Å². The van der Waals surface area contributed by atoms with E-state index in [9.17, 15) is 9.59 Å². The van der Waals surface area contributed by atoms with Gasteiger partial charge >= 0.3 is 5.97 Å². The van der Waals surface area contributed by atoms with Crippen molar-refractivity contribution >= 4 is 17.7 Å². The molecule has 1 aromatic heterocycles. The summed E-state index contributed by atoms with van der Waals surface area (Å²) < 4.78 is 0. The number of carbonyl (C=O) groups excluding carboxylic acids is 1. The van der Waals surface area contributed by atoms with Crippen LogP contribution in [0, 0.1) is 6.92 Å². The largest absolute Gasteiger partial charge is 0.477 e. The minimum absolute atomic E-state index is 0.00324. The second-order valence-electron chi connectivity index (χ2n) is 4.46. The van der Waals surface area contributed by atoms with Gasteiger partial charge in [-0.05, 0) is 6.92 Å². The number of rotatable bonds is 2. The van der Waals surface area contributed by atoms with Crippen LogP contribution in [0.5, 0.6) is 0 Å². The fourth-order valence-electron chi connectivity index (χ4n) is 2.07. The first kappa shape index (κ1) is 13.3. The van der Waals surface area contributed by atoms with Crippen molar-refractivity contribution in [3.8, 4) is 0 Å². The zero-order valence-electron chi connectivity index (χ0n) is 11.0. The first-order valence-corrected chi connectivity index (χ1v) is 6.07. The Morgan fingerprint density at radius 3 is 2.37 bits per heavy atom. The number of carboxylic acid groups (broad SMARTS) is 1. The van der Waals surface area contributed by atoms with Crippen molar-refractivity contribution in [2.45, 2.75) is 13.8 Å². The number of carboxylic acids is 1. The van der Waals surface area contributed by atoms with Crippen LogP contribution < -0.4 is 4.90 Å². The smallest absolute Gasteiger partial charge is 0.354 e. The molecule has 1 amide bonds. The molecule has 0 atom stereocenters. The van der Waals surface area contributed by atoms with Crippen molar-refractivity contribution in [1.29, 1.82) is 0 Å². The number of hydrogen-bond donors (Lipinski definition) is 1. The second-order valence-corrected chi connectivity index (χ2v) is 4.46. The number of hydrogen-bond acceptors (Lipinski definition) is 5. The molecule has 1 N–H and O–H groups in total. The summed E-state index contributed by atoms with van der Waals surface area (Å²) in [6.07, 6.45) is 0. The number of anilines is 1. The fourth-order valence-corrected chi connectivity index (χ4v) is 2.07. The lowest BCUT2D eigenvalue weighted by Crippen LogP contribution is -2.48. The van der Waals surface area contributed by atoms with E-state index < -0.39 is 5.97 Å². The molecule has 2 heterocycles. The van der Waals surface area contributed by atoms with Crippen molar-refractivity contribution in [3.63, 3.8) is 0 Å². The summed E-state index contributed by atoms with van der Waals surface area (Å²) >= 11 is 0. The zero-order chi connectivity index (χ0) is 14.0. The van der Waals surface area contributed by atoms with Gasteiger partial charge in [-0.2, -0.15) is 0 Å². The lowest BCUT2D eigenvalue weighted by atomic mass is 10.3. The van der Waals surface area contributed by atoms with Crippen LogP contribution >= 0.6 is 0 Å². The molecule has 0 radical (unpaired) electrons. The van der Waals surface area contributed by atoms with Gasteiger partial charge in [-0.15, -0.1) is 0 Å². The molecule has 7 nitrogen and oxygen atoms in total. The van der Waals surface area contributed by atoms with Gasteiger partial charge in [0.2, 0.25) is 5.91 Å².